The molecule has 2 amide bonds. The maximum Gasteiger partial charge on any atom is 0.228 e. The van der Waals surface area contributed by atoms with Gasteiger partial charge in [0, 0.05) is 58.2 Å². The minimum Gasteiger partial charge on any atom is -0.493 e. The molecule has 0 N–H and O–H groups in total. The number of halogens is 2. The smallest absolute Gasteiger partial charge is 0.228 e. The standard InChI is InChI=1S/C24H25F2N3O3/c25-19-2-3-21(20(26)13-19)29-15-18(12-23(29)30)24(31)28-8-6-27(7-9-28)14-16-1-4-22-17(11-16)5-10-32-22/h1-4,11,13,18H,5-10,12,14-15H2. The summed E-state index contributed by atoms with van der Waals surface area (Å²) in [5, 5.41) is 0. The van der Waals surface area contributed by atoms with Gasteiger partial charge in [0.1, 0.15) is 17.4 Å². The number of amides is 2. The zero-order valence-electron chi connectivity index (χ0n) is 17.7. The van der Waals surface area contributed by atoms with Gasteiger partial charge in [-0.3, -0.25) is 14.5 Å². The number of hydrogen-bond donors (Lipinski definition) is 0. The summed E-state index contributed by atoms with van der Waals surface area (Å²) in [5.41, 5.74) is 2.52. The van der Waals surface area contributed by atoms with Gasteiger partial charge in [0.2, 0.25) is 11.8 Å². The number of anilines is 1. The van der Waals surface area contributed by atoms with Crippen LogP contribution in [0, 0.1) is 17.6 Å². The van der Waals surface area contributed by atoms with Crippen LogP contribution in [0.2, 0.25) is 0 Å². The third-order valence-corrected chi connectivity index (χ3v) is 6.52. The fourth-order valence-electron chi connectivity index (χ4n) is 4.79. The van der Waals surface area contributed by atoms with Gasteiger partial charge in [0.05, 0.1) is 18.2 Å². The van der Waals surface area contributed by atoms with Crippen LogP contribution in [0.3, 0.4) is 0 Å². The Hall–Kier alpha value is -3.00. The summed E-state index contributed by atoms with van der Waals surface area (Å²) < 4.78 is 32.9. The van der Waals surface area contributed by atoms with E-state index in [2.05, 4.69) is 17.0 Å². The molecule has 3 aliphatic rings. The topological polar surface area (TPSA) is 53.1 Å². The van der Waals surface area contributed by atoms with Gasteiger partial charge in [0.15, 0.2) is 0 Å². The van der Waals surface area contributed by atoms with Crippen molar-refractivity contribution >= 4 is 17.5 Å². The Bertz CT molecular complexity index is 1050. The molecule has 2 fully saturated rings. The normalized spacial score (nSPS) is 21.1. The molecule has 2 aromatic rings. The first kappa shape index (κ1) is 20.9. The monoisotopic (exact) mass is 441 g/mol. The Morgan fingerprint density at radius 3 is 2.66 bits per heavy atom. The third-order valence-electron chi connectivity index (χ3n) is 6.52. The number of benzene rings is 2. The highest BCUT2D eigenvalue weighted by Crippen LogP contribution is 2.30. The van der Waals surface area contributed by atoms with Crippen LogP contribution in [0.15, 0.2) is 36.4 Å². The molecule has 1 unspecified atom stereocenters. The van der Waals surface area contributed by atoms with Gasteiger partial charge in [-0.1, -0.05) is 12.1 Å². The van der Waals surface area contributed by atoms with E-state index < -0.39 is 17.6 Å². The lowest BCUT2D eigenvalue weighted by Crippen LogP contribution is -2.50. The second-order valence-corrected chi connectivity index (χ2v) is 8.64. The van der Waals surface area contributed by atoms with E-state index in [1.54, 1.807) is 4.90 Å². The van der Waals surface area contributed by atoms with Crippen LogP contribution >= 0.6 is 0 Å². The Morgan fingerprint density at radius 2 is 1.88 bits per heavy atom. The Morgan fingerprint density at radius 1 is 1.06 bits per heavy atom. The lowest BCUT2D eigenvalue weighted by atomic mass is 10.1. The maximum absolute atomic E-state index is 14.1. The first-order valence-corrected chi connectivity index (χ1v) is 11.0. The van der Waals surface area contributed by atoms with Crippen LogP contribution in [0.25, 0.3) is 0 Å². The molecule has 8 heteroatoms. The molecule has 0 bridgehead atoms. The summed E-state index contributed by atoms with van der Waals surface area (Å²) in [4.78, 5) is 30.8. The molecule has 3 aliphatic heterocycles. The van der Waals surface area contributed by atoms with Gasteiger partial charge < -0.3 is 14.5 Å². The van der Waals surface area contributed by atoms with Gasteiger partial charge in [0.25, 0.3) is 0 Å². The van der Waals surface area contributed by atoms with Crippen molar-refractivity contribution < 1.29 is 23.1 Å². The highest BCUT2D eigenvalue weighted by molar-refractivity contribution is 6.00. The van der Waals surface area contributed by atoms with E-state index in [-0.39, 0.29) is 30.5 Å². The van der Waals surface area contributed by atoms with Crippen molar-refractivity contribution in [2.24, 2.45) is 5.92 Å². The second-order valence-electron chi connectivity index (χ2n) is 8.64. The predicted molar refractivity (Wildman–Crippen MR) is 114 cm³/mol. The molecule has 3 heterocycles. The van der Waals surface area contributed by atoms with E-state index in [1.807, 2.05) is 6.07 Å². The van der Waals surface area contributed by atoms with Crippen LogP contribution < -0.4 is 9.64 Å². The Kier molecular flexibility index (Phi) is 5.55. The fraction of sp³-hybridized carbons (Fsp3) is 0.417. The first-order chi connectivity index (χ1) is 15.5. The molecule has 2 saturated heterocycles. The second kappa shape index (κ2) is 8.50. The van der Waals surface area contributed by atoms with E-state index in [0.29, 0.717) is 13.1 Å². The van der Waals surface area contributed by atoms with Crippen molar-refractivity contribution in [2.75, 3.05) is 44.2 Å². The lowest BCUT2D eigenvalue weighted by molar-refractivity contribution is -0.137. The molecular formula is C24H25F2N3O3. The largest absolute Gasteiger partial charge is 0.493 e. The van der Waals surface area contributed by atoms with E-state index in [4.69, 9.17) is 4.74 Å². The summed E-state index contributed by atoms with van der Waals surface area (Å²) in [6.07, 6.45) is 0.997. The summed E-state index contributed by atoms with van der Waals surface area (Å²) in [6, 6.07) is 9.45. The molecule has 2 aromatic carbocycles. The summed E-state index contributed by atoms with van der Waals surface area (Å²) in [6.45, 7) is 4.42. The Labute approximate surface area is 185 Å². The van der Waals surface area contributed by atoms with Crippen LogP contribution in [-0.4, -0.2) is 60.9 Å². The molecule has 0 spiro atoms. The predicted octanol–water partition coefficient (Wildman–Crippen LogP) is 2.60. The number of carbonyl (C=O) groups excluding carboxylic acids is 2. The van der Waals surface area contributed by atoms with Crippen molar-refractivity contribution in [3.05, 3.63) is 59.2 Å². The van der Waals surface area contributed by atoms with E-state index in [9.17, 15) is 18.4 Å². The van der Waals surface area contributed by atoms with E-state index >= 15 is 0 Å². The van der Waals surface area contributed by atoms with Crippen molar-refractivity contribution in [2.45, 2.75) is 19.4 Å². The van der Waals surface area contributed by atoms with Crippen molar-refractivity contribution in [3.8, 4) is 5.75 Å². The third kappa shape index (κ3) is 4.07. The van der Waals surface area contributed by atoms with Crippen LogP contribution in [0.4, 0.5) is 14.5 Å². The number of carbonyl (C=O) groups is 2. The lowest BCUT2D eigenvalue weighted by Gasteiger charge is -2.36. The fourth-order valence-corrected chi connectivity index (χ4v) is 4.79. The van der Waals surface area contributed by atoms with Crippen LogP contribution in [0.5, 0.6) is 5.75 Å². The van der Waals surface area contributed by atoms with E-state index in [1.165, 1.54) is 22.1 Å². The molecule has 0 aliphatic carbocycles. The number of nitrogens with zero attached hydrogens (tertiary/aromatic N) is 3. The molecule has 6 nitrogen and oxygen atoms in total. The average molecular weight is 441 g/mol. The quantitative estimate of drug-likeness (QED) is 0.732. The van der Waals surface area contributed by atoms with E-state index in [0.717, 1.165) is 50.5 Å². The first-order valence-electron chi connectivity index (χ1n) is 11.0. The zero-order chi connectivity index (χ0) is 22.2. The summed E-state index contributed by atoms with van der Waals surface area (Å²) in [7, 11) is 0. The number of rotatable bonds is 4. The highest BCUT2D eigenvalue weighted by atomic mass is 19.1. The molecule has 0 aromatic heterocycles. The van der Waals surface area contributed by atoms with Crippen molar-refractivity contribution in [3.63, 3.8) is 0 Å². The van der Waals surface area contributed by atoms with Gasteiger partial charge in [-0.15, -0.1) is 0 Å². The molecule has 5 rings (SSSR count). The molecule has 168 valence electrons. The van der Waals surface area contributed by atoms with Gasteiger partial charge >= 0.3 is 0 Å². The molecule has 0 saturated carbocycles. The number of hydrogen-bond acceptors (Lipinski definition) is 4. The van der Waals surface area contributed by atoms with Gasteiger partial charge in [-0.05, 0) is 29.3 Å². The van der Waals surface area contributed by atoms with Crippen LogP contribution in [0.1, 0.15) is 17.5 Å². The number of piperazine rings is 1. The number of ether oxygens (including phenoxy) is 1. The Balaban J connectivity index is 1.16. The zero-order valence-corrected chi connectivity index (χ0v) is 17.7. The number of fused-ring (bicyclic) bond motifs is 1. The summed E-state index contributed by atoms with van der Waals surface area (Å²) in [5.74, 6) is -1.40. The molecular weight excluding hydrogens is 416 g/mol. The van der Waals surface area contributed by atoms with Gasteiger partial charge in [-0.2, -0.15) is 0 Å². The van der Waals surface area contributed by atoms with Crippen LogP contribution in [-0.2, 0) is 22.6 Å². The maximum atomic E-state index is 14.1. The highest BCUT2D eigenvalue weighted by Gasteiger charge is 2.38. The summed E-state index contributed by atoms with van der Waals surface area (Å²) >= 11 is 0. The molecule has 32 heavy (non-hydrogen) atoms. The minimum atomic E-state index is -0.793. The average Bonchev–Trinajstić information content (AvgIpc) is 3.40. The van der Waals surface area contributed by atoms with Crippen molar-refractivity contribution in [1.29, 1.82) is 0 Å². The molecule has 0 radical (unpaired) electrons. The van der Waals surface area contributed by atoms with Crippen molar-refractivity contribution in [1.82, 2.24) is 9.80 Å². The minimum absolute atomic E-state index is 0.0243. The SMILES string of the molecule is O=C(C1CC(=O)N(c2ccc(F)cc2F)C1)N1CCN(Cc2ccc3c(c2)CCO3)CC1. The van der Waals surface area contributed by atoms with Gasteiger partial charge in [-0.25, -0.2) is 8.78 Å². The molecule has 1 atom stereocenters.